The molecule has 0 aliphatic rings. The third kappa shape index (κ3) is 3.22. The van der Waals surface area contributed by atoms with E-state index in [1.54, 1.807) is 18.3 Å². The van der Waals surface area contributed by atoms with Crippen LogP contribution in [0.4, 0.5) is 5.82 Å². The summed E-state index contributed by atoms with van der Waals surface area (Å²) in [5.74, 6) is 1.62. The molecule has 0 radical (unpaired) electrons. The van der Waals surface area contributed by atoms with Gasteiger partial charge >= 0.3 is 0 Å². The van der Waals surface area contributed by atoms with Crippen molar-refractivity contribution in [2.24, 2.45) is 0 Å². The fourth-order valence-corrected chi connectivity index (χ4v) is 3.53. The summed E-state index contributed by atoms with van der Waals surface area (Å²) in [7, 11) is 6.86. The monoisotopic (exact) mass is 411 g/mol. The molecule has 0 saturated carbocycles. The third-order valence-electron chi connectivity index (χ3n) is 3.91. The summed E-state index contributed by atoms with van der Waals surface area (Å²) in [5, 5.41) is 2.85. The largest absolute Gasteiger partial charge is 0.495 e. The van der Waals surface area contributed by atoms with E-state index < -0.39 is 0 Å². The quantitative estimate of drug-likeness (QED) is 0.541. The van der Waals surface area contributed by atoms with E-state index in [2.05, 4.69) is 4.98 Å². The van der Waals surface area contributed by atoms with Crippen LogP contribution in [0, 0.1) is 0 Å². The molecular weight excluding hydrogens is 397 g/mol. The molecule has 0 aliphatic carbocycles. The number of benzene rings is 1. The van der Waals surface area contributed by atoms with Crippen molar-refractivity contribution in [2.75, 3.05) is 33.2 Å². The molecule has 3 rings (SSSR count). The first-order chi connectivity index (χ1) is 12.4. The van der Waals surface area contributed by atoms with Crippen molar-refractivity contribution in [2.45, 2.75) is 0 Å². The number of anilines is 1. The lowest BCUT2D eigenvalue weighted by Gasteiger charge is -2.18. The minimum Gasteiger partial charge on any atom is -0.495 e. The van der Waals surface area contributed by atoms with Gasteiger partial charge in [0.25, 0.3) is 0 Å². The number of rotatable bonds is 4. The molecule has 1 aromatic carbocycles. The predicted octanol–water partition coefficient (Wildman–Crippen LogP) is 5.34. The van der Waals surface area contributed by atoms with Gasteiger partial charge in [0.05, 0.1) is 30.0 Å². The van der Waals surface area contributed by atoms with Crippen molar-refractivity contribution < 1.29 is 9.47 Å². The van der Waals surface area contributed by atoms with Gasteiger partial charge in [-0.2, -0.15) is 0 Å². The van der Waals surface area contributed by atoms with Gasteiger partial charge in [0, 0.05) is 42.7 Å². The number of aromatic nitrogens is 2. The van der Waals surface area contributed by atoms with E-state index in [9.17, 15) is 0 Å². The highest BCUT2D eigenvalue weighted by atomic mass is 35.5. The zero-order valence-electron chi connectivity index (χ0n) is 14.6. The summed E-state index contributed by atoms with van der Waals surface area (Å²) < 4.78 is 10.7. The average Bonchev–Trinajstić information content (AvgIpc) is 2.61. The summed E-state index contributed by atoms with van der Waals surface area (Å²) in [6.07, 6.45) is 1.69. The predicted molar refractivity (Wildman–Crippen MR) is 107 cm³/mol. The number of hydrogen-bond acceptors (Lipinski definition) is 5. The highest BCUT2D eigenvalue weighted by molar-refractivity contribution is 6.41. The maximum atomic E-state index is 6.53. The summed E-state index contributed by atoms with van der Waals surface area (Å²) in [4.78, 5) is 10.8. The van der Waals surface area contributed by atoms with E-state index in [-0.39, 0.29) is 0 Å². The molecule has 5 nitrogen and oxygen atoms in total. The van der Waals surface area contributed by atoms with Crippen LogP contribution in [0.2, 0.25) is 15.2 Å². The van der Waals surface area contributed by atoms with Crippen LogP contribution >= 0.6 is 34.8 Å². The van der Waals surface area contributed by atoms with Crippen molar-refractivity contribution in [1.82, 2.24) is 9.97 Å². The Morgan fingerprint density at radius 3 is 2.08 bits per heavy atom. The maximum absolute atomic E-state index is 6.53. The zero-order valence-corrected chi connectivity index (χ0v) is 16.9. The number of halogens is 3. The highest BCUT2D eigenvalue weighted by Crippen LogP contribution is 2.46. The van der Waals surface area contributed by atoms with Gasteiger partial charge in [-0.3, -0.25) is 0 Å². The Morgan fingerprint density at radius 1 is 0.923 bits per heavy atom. The molecule has 0 saturated heterocycles. The van der Waals surface area contributed by atoms with Gasteiger partial charge in [-0.15, -0.1) is 0 Å². The fraction of sp³-hybridized carbons (Fsp3) is 0.222. The minimum absolute atomic E-state index is 0.358. The number of methoxy groups -OCH3 is 2. The van der Waals surface area contributed by atoms with Crippen LogP contribution < -0.4 is 14.4 Å². The number of ether oxygens (including phenoxy) is 2. The second kappa shape index (κ2) is 7.35. The van der Waals surface area contributed by atoms with E-state index in [0.29, 0.717) is 38.0 Å². The molecule has 2 aromatic heterocycles. The second-order valence-corrected chi connectivity index (χ2v) is 6.88. The van der Waals surface area contributed by atoms with Crippen LogP contribution in [0.15, 0.2) is 24.4 Å². The number of nitrogens with zero attached hydrogens (tertiary/aromatic N) is 3. The SMILES string of the molecule is COc1cc(OC)c(Cl)c(-c2cc3cnc(Cl)cc3c(N(C)C)n2)c1Cl. The molecule has 136 valence electrons. The van der Waals surface area contributed by atoms with Gasteiger partial charge in [-0.05, 0) is 12.1 Å². The molecule has 8 heteroatoms. The zero-order chi connectivity index (χ0) is 19.0. The lowest BCUT2D eigenvalue weighted by Crippen LogP contribution is -2.12. The van der Waals surface area contributed by atoms with E-state index in [0.717, 1.165) is 16.6 Å². The topological polar surface area (TPSA) is 47.5 Å². The van der Waals surface area contributed by atoms with Crippen LogP contribution in [-0.2, 0) is 0 Å². The molecule has 0 bridgehead atoms. The molecule has 3 aromatic rings. The molecule has 0 spiro atoms. The first-order valence-corrected chi connectivity index (χ1v) is 8.74. The molecule has 0 N–H and O–H groups in total. The van der Waals surface area contributed by atoms with Gasteiger partial charge < -0.3 is 14.4 Å². The Bertz CT molecular complexity index is 965. The number of pyridine rings is 2. The van der Waals surface area contributed by atoms with E-state index >= 15 is 0 Å². The van der Waals surface area contributed by atoms with Gasteiger partial charge in [-0.1, -0.05) is 34.8 Å². The molecule has 0 fully saturated rings. The molecule has 2 heterocycles. The van der Waals surface area contributed by atoms with Crippen molar-refractivity contribution >= 4 is 51.4 Å². The fourth-order valence-electron chi connectivity index (χ4n) is 2.68. The molecular formula is C18H16Cl3N3O2. The lowest BCUT2D eigenvalue weighted by molar-refractivity contribution is 0.395. The smallest absolute Gasteiger partial charge is 0.141 e. The Kier molecular flexibility index (Phi) is 5.32. The third-order valence-corrected chi connectivity index (χ3v) is 4.87. The Labute approximate surface area is 166 Å². The molecule has 0 aliphatic heterocycles. The van der Waals surface area contributed by atoms with Gasteiger partial charge in [0.15, 0.2) is 0 Å². The number of fused-ring (bicyclic) bond motifs is 1. The van der Waals surface area contributed by atoms with Crippen molar-refractivity contribution in [1.29, 1.82) is 0 Å². The number of hydrogen-bond donors (Lipinski definition) is 0. The van der Waals surface area contributed by atoms with Gasteiger partial charge in [-0.25, -0.2) is 9.97 Å². The summed E-state index contributed by atoms with van der Waals surface area (Å²) in [5.41, 5.74) is 1.11. The minimum atomic E-state index is 0.358. The standard InChI is InChI=1S/C18H16Cl3N3O2/c1-24(2)18-10-6-14(19)22-8-9(10)5-11(23-18)15-16(20)12(25-3)7-13(26-4)17(15)21/h5-8H,1-4H3. The lowest BCUT2D eigenvalue weighted by atomic mass is 10.1. The summed E-state index contributed by atoms with van der Waals surface area (Å²) in [6, 6.07) is 5.28. The first-order valence-electron chi connectivity index (χ1n) is 7.61. The van der Waals surface area contributed by atoms with Crippen molar-refractivity contribution in [3.8, 4) is 22.8 Å². The molecule has 0 unspecified atom stereocenters. The van der Waals surface area contributed by atoms with Crippen molar-refractivity contribution in [3.05, 3.63) is 39.6 Å². The van der Waals surface area contributed by atoms with Crippen LogP contribution in [0.3, 0.4) is 0 Å². The van der Waals surface area contributed by atoms with Gasteiger partial charge in [0.2, 0.25) is 0 Å². The van der Waals surface area contributed by atoms with Crippen molar-refractivity contribution in [3.63, 3.8) is 0 Å². The highest BCUT2D eigenvalue weighted by Gasteiger charge is 2.21. The van der Waals surface area contributed by atoms with Crippen LogP contribution in [0.25, 0.3) is 22.0 Å². The second-order valence-electron chi connectivity index (χ2n) is 5.74. The Balaban J connectivity index is 2.38. The van der Waals surface area contributed by atoms with Crippen LogP contribution in [-0.4, -0.2) is 38.3 Å². The van der Waals surface area contributed by atoms with E-state index in [1.165, 1.54) is 14.2 Å². The average molecular weight is 413 g/mol. The van der Waals surface area contributed by atoms with Crippen LogP contribution in [0.1, 0.15) is 0 Å². The Hall–Kier alpha value is -1.95. The van der Waals surface area contributed by atoms with E-state index in [4.69, 9.17) is 49.3 Å². The van der Waals surface area contributed by atoms with E-state index in [1.807, 2.05) is 25.1 Å². The summed E-state index contributed by atoms with van der Waals surface area (Å²) in [6.45, 7) is 0. The normalized spacial score (nSPS) is 10.9. The first kappa shape index (κ1) is 18.8. The molecule has 26 heavy (non-hydrogen) atoms. The Morgan fingerprint density at radius 2 is 1.54 bits per heavy atom. The van der Waals surface area contributed by atoms with Crippen LogP contribution in [0.5, 0.6) is 11.5 Å². The molecule has 0 amide bonds. The van der Waals surface area contributed by atoms with Gasteiger partial charge in [0.1, 0.15) is 22.5 Å². The summed E-state index contributed by atoms with van der Waals surface area (Å²) >= 11 is 19.1. The molecule has 0 atom stereocenters. The maximum Gasteiger partial charge on any atom is 0.141 e.